The average Bonchev–Trinajstić information content (AvgIpc) is 3.08. The number of hydrogen-bond donors (Lipinski definition) is 0. The van der Waals surface area contributed by atoms with Crippen molar-refractivity contribution in [3.8, 4) is 5.75 Å². The summed E-state index contributed by atoms with van der Waals surface area (Å²) < 4.78 is 5.55. The summed E-state index contributed by atoms with van der Waals surface area (Å²) in [4.78, 5) is 9.81. The quantitative estimate of drug-likeness (QED) is 0.593. The first-order valence-corrected chi connectivity index (χ1v) is 11.5. The van der Waals surface area contributed by atoms with Crippen LogP contribution >= 0.6 is 34.5 Å². The molecule has 1 fully saturated rings. The predicted octanol–water partition coefficient (Wildman–Crippen LogP) is 5.60. The van der Waals surface area contributed by atoms with E-state index >= 15 is 0 Å². The van der Waals surface area contributed by atoms with Crippen LogP contribution in [0.3, 0.4) is 0 Å². The first-order valence-electron chi connectivity index (χ1n) is 9.91. The first kappa shape index (κ1) is 20.7. The number of halogens is 2. The van der Waals surface area contributed by atoms with E-state index in [4.69, 9.17) is 32.9 Å². The number of rotatable bonds is 5. The minimum atomic E-state index is 0.230. The highest BCUT2D eigenvalue weighted by Gasteiger charge is 2.21. The third kappa shape index (κ3) is 4.97. The van der Waals surface area contributed by atoms with Crippen LogP contribution < -0.4 is 9.64 Å². The summed E-state index contributed by atoms with van der Waals surface area (Å²) in [5.74, 6) is 1.17. The van der Waals surface area contributed by atoms with Gasteiger partial charge in [-0.05, 0) is 31.1 Å². The Morgan fingerprint density at radius 1 is 1.17 bits per heavy atom. The normalized spacial score (nSPS) is 20.8. The smallest absolute Gasteiger partial charge is 0.142 e. The maximum Gasteiger partial charge on any atom is 0.142 e. The molecule has 0 radical (unpaired) electrons. The summed E-state index contributed by atoms with van der Waals surface area (Å²) in [7, 11) is 1.74. The van der Waals surface area contributed by atoms with Gasteiger partial charge >= 0.3 is 0 Å². The highest BCUT2D eigenvalue weighted by Crippen LogP contribution is 2.36. The lowest BCUT2D eigenvalue weighted by molar-refractivity contribution is 0.282. The lowest BCUT2D eigenvalue weighted by Gasteiger charge is -2.25. The predicted molar refractivity (Wildman–Crippen MR) is 122 cm³/mol. The van der Waals surface area contributed by atoms with Crippen LogP contribution in [0.1, 0.15) is 29.5 Å². The molecule has 0 saturated carbocycles. The molecule has 0 N–H and O–H groups in total. The van der Waals surface area contributed by atoms with Crippen molar-refractivity contribution in [2.45, 2.75) is 25.3 Å². The fourth-order valence-electron chi connectivity index (χ4n) is 3.87. The zero-order valence-corrected chi connectivity index (χ0v) is 18.8. The Balaban J connectivity index is 1.37. The Kier molecular flexibility index (Phi) is 6.81. The van der Waals surface area contributed by atoms with E-state index in [1.54, 1.807) is 18.4 Å². The number of thiazole rings is 1. The second kappa shape index (κ2) is 9.52. The van der Waals surface area contributed by atoms with E-state index < -0.39 is 0 Å². The molecule has 1 aromatic carbocycles. The summed E-state index contributed by atoms with van der Waals surface area (Å²) in [5.41, 5.74) is 2.32. The minimum absolute atomic E-state index is 0.230. The molecule has 2 aliphatic rings. The van der Waals surface area contributed by atoms with Crippen LogP contribution in [-0.2, 0) is 6.54 Å². The van der Waals surface area contributed by atoms with Crippen molar-refractivity contribution in [3.63, 3.8) is 0 Å². The Bertz CT molecular complexity index is 911. The van der Waals surface area contributed by atoms with Crippen molar-refractivity contribution in [2.75, 3.05) is 38.2 Å². The molecule has 1 aromatic heterocycles. The number of hydrogen-bond acceptors (Lipinski definition) is 5. The van der Waals surface area contributed by atoms with Gasteiger partial charge in [0.05, 0.1) is 23.5 Å². The molecule has 4 rings (SSSR count). The summed E-state index contributed by atoms with van der Waals surface area (Å²) in [6.07, 6.45) is 5.86. The standard InChI is InChI=1S/C22H25Cl2N3OS/c1-28-21-6-3-2-5-20(21)27-10-4-9-26(11-12-27)14-17-15-29-22(25-17)16-7-8-18(23)19(24)13-16/h2-3,5-8,15-16H,4,9-14H2,1H3. The van der Waals surface area contributed by atoms with Crippen LogP contribution in [-0.4, -0.2) is 43.2 Å². The zero-order valence-electron chi connectivity index (χ0n) is 16.5. The van der Waals surface area contributed by atoms with Crippen LogP contribution in [0.2, 0.25) is 0 Å². The number of para-hydroxylation sites is 2. The molecule has 1 unspecified atom stereocenters. The topological polar surface area (TPSA) is 28.6 Å². The number of nitrogens with zero attached hydrogens (tertiary/aromatic N) is 3. The second-order valence-electron chi connectivity index (χ2n) is 7.39. The SMILES string of the molecule is COc1ccccc1N1CCCN(Cc2csc(C3C=CC(Cl)=C(Cl)C3)n2)CC1. The van der Waals surface area contributed by atoms with E-state index in [2.05, 4.69) is 33.4 Å². The van der Waals surface area contributed by atoms with Gasteiger partial charge in [0.15, 0.2) is 0 Å². The van der Waals surface area contributed by atoms with Crippen LogP contribution in [0, 0.1) is 0 Å². The fourth-order valence-corrected chi connectivity index (χ4v) is 5.14. The molecule has 4 nitrogen and oxygen atoms in total. The molecule has 1 aliphatic carbocycles. The molecule has 1 saturated heterocycles. The van der Waals surface area contributed by atoms with E-state index in [1.165, 1.54) is 5.69 Å². The Morgan fingerprint density at radius 3 is 2.86 bits per heavy atom. The molecule has 2 heterocycles. The lowest BCUT2D eigenvalue weighted by atomic mass is 10.0. The third-order valence-electron chi connectivity index (χ3n) is 5.42. The largest absolute Gasteiger partial charge is 0.495 e. The van der Waals surface area contributed by atoms with Crippen molar-refractivity contribution < 1.29 is 4.74 Å². The van der Waals surface area contributed by atoms with Crippen molar-refractivity contribution in [1.29, 1.82) is 0 Å². The van der Waals surface area contributed by atoms with E-state index in [9.17, 15) is 0 Å². The maximum absolute atomic E-state index is 6.23. The van der Waals surface area contributed by atoms with Crippen molar-refractivity contribution in [1.82, 2.24) is 9.88 Å². The molecular weight excluding hydrogens is 425 g/mol. The highest BCUT2D eigenvalue weighted by atomic mass is 35.5. The third-order valence-corrected chi connectivity index (χ3v) is 7.25. The van der Waals surface area contributed by atoms with E-state index in [1.807, 2.05) is 18.2 Å². The monoisotopic (exact) mass is 449 g/mol. The molecule has 154 valence electrons. The second-order valence-corrected chi connectivity index (χ2v) is 9.14. The molecule has 29 heavy (non-hydrogen) atoms. The van der Waals surface area contributed by atoms with Crippen LogP contribution in [0.5, 0.6) is 5.75 Å². The lowest BCUT2D eigenvalue weighted by Crippen LogP contribution is -2.30. The molecule has 7 heteroatoms. The van der Waals surface area contributed by atoms with E-state index in [0.717, 1.165) is 67.0 Å². The molecule has 0 spiro atoms. The number of ether oxygens (including phenoxy) is 1. The molecule has 2 aromatic rings. The molecular formula is C22H25Cl2N3OS. The van der Waals surface area contributed by atoms with Gasteiger partial charge in [-0.3, -0.25) is 4.90 Å². The number of methoxy groups -OCH3 is 1. The van der Waals surface area contributed by atoms with Crippen molar-refractivity contribution in [2.24, 2.45) is 0 Å². The minimum Gasteiger partial charge on any atom is -0.495 e. The molecule has 0 amide bonds. The number of allylic oxidation sites excluding steroid dienone is 4. The van der Waals surface area contributed by atoms with Gasteiger partial charge in [0, 0.05) is 49.1 Å². The summed E-state index contributed by atoms with van der Waals surface area (Å²) in [5, 5.41) is 4.66. The van der Waals surface area contributed by atoms with Gasteiger partial charge in [-0.25, -0.2) is 4.98 Å². The van der Waals surface area contributed by atoms with Gasteiger partial charge in [0.2, 0.25) is 0 Å². The van der Waals surface area contributed by atoms with Crippen molar-refractivity contribution >= 4 is 40.2 Å². The van der Waals surface area contributed by atoms with Gasteiger partial charge in [-0.2, -0.15) is 0 Å². The van der Waals surface area contributed by atoms with E-state index in [-0.39, 0.29) is 5.92 Å². The maximum atomic E-state index is 6.23. The highest BCUT2D eigenvalue weighted by molar-refractivity contribution is 7.09. The number of benzene rings is 1. The number of aromatic nitrogens is 1. The number of anilines is 1. The van der Waals surface area contributed by atoms with Crippen LogP contribution in [0.4, 0.5) is 5.69 Å². The van der Waals surface area contributed by atoms with Crippen molar-refractivity contribution in [3.05, 3.63) is 62.6 Å². The van der Waals surface area contributed by atoms with E-state index in [0.29, 0.717) is 5.03 Å². The fraction of sp³-hybridized carbons (Fsp3) is 0.409. The van der Waals surface area contributed by atoms with Gasteiger partial charge in [-0.1, -0.05) is 41.4 Å². The van der Waals surface area contributed by atoms with Crippen LogP contribution in [0.15, 0.2) is 51.9 Å². The van der Waals surface area contributed by atoms with Crippen LogP contribution in [0.25, 0.3) is 0 Å². The molecule has 0 bridgehead atoms. The first-order chi connectivity index (χ1) is 14.1. The Morgan fingerprint density at radius 2 is 2.03 bits per heavy atom. The van der Waals surface area contributed by atoms with Gasteiger partial charge < -0.3 is 9.64 Å². The summed E-state index contributed by atoms with van der Waals surface area (Å²) in [6, 6.07) is 8.27. The Labute approximate surface area is 186 Å². The van der Waals surface area contributed by atoms with Gasteiger partial charge in [-0.15, -0.1) is 11.3 Å². The summed E-state index contributed by atoms with van der Waals surface area (Å²) >= 11 is 14.0. The molecule has 1 aliphatic heterocycles. The van der Waals surface area contributed by atoms with Gasteiger partial charge in [0.1, 0.15) is 10.8 Å². The zero-order chi connectivity index (χ0) is 20.2. The Hall–Kier alpha value is -1.53. The summed E-state index contributed by atoms with van der Waals surface area (Å²) in [6.45, 7) is 5.00. The average molecular weight is 450 g/mol. The molecule has 1 atom stereocenters. The van der Waals surface area contributed by atoms with Gasteiger partial charge in [0.25, 0.3) is 0 Å².